The van der Waals surface area contributed by atoms with Crippen LogP contribution in [0.4, 0.5) is 5.69 Å². The van der Waals surface area contributed by atoms with Gasteiger partial charge in [0.05, 0.1) is 18.4 Å². The molecule has 1 fully saturated rings. The van der Waals surface area contributed by atoms with Crippen LogP contribution in [0.25, 0.3) is 0 Å². The van der Waals surface area contributed by atoms with Gasteiger partial charge in [0, 0.05) is 18.5 Å². The van der Waals surface area contributed by atoms with Gasteiger partial charge in [-0.25, -0.2) is 0 Å². The van der Waals surface area contributed by atoms with Crippen molar-refractivity contribution in [3.05, 3.63) is 29.8 Å². The number of piperidine rings is 1. The summed E-state index contributed by atoms with van der Waals surface area (Å²) in [4.78, 5) is 43.4. The van der Waals surface area contributed by atoms with Crippen LogP contribution in [-0.2, 0) is 24.6 Å². The predicted octanol–water partition coefficient (Wildman–Crippen LogP) is 0.732. The highest BCUT2D eigenvalue weighted by molar-refractivity contribution is 6.03. The third kappa shape index (κ3) is 5.66. The first-order chi connectivity index (χ1) is 12.2. The standard InChI is InChI=1S/C13H16N2O2.C5H9NO3/c1-2-13(8-7-11(16)15-12(13)17)9-3-5-10(14)6-4-9;6-3-4(7)1-2-5(8)9/h3-6H,2,7-8,14H2,1H3,(H,15,16,17);1-3,6H2,(H,8,9). The lowest BCUT2D eigenvalue weighted by atomic mass is 9.72. The van der Waals surface area contributed by atoms with Crippen molar-refractivity contribution in [3.8, 4) is 0 Å². The molecular weight excluding hydrogens is 338 g/mol. The number of Topliss-reactive ketones (excluding diaryl/α,β-unsaturated/α-hetero) is 1. The number of nitrogens with two attached hydrogens (primary N) is 2. The fraction of sp³-hybridized carbons (Fsp3) is 0.444. The van der Waals surface area contributed by atoms with Crippen LogP contribution in [0.5, 0.6) is 0 Å². The Kier molecular flexibility index (Phi) is 7.92. The number of carboxylic acids is 1. The van der Waals surface area contributed by atoms with Crippen molar-refractivity contribution in [2.75, 3.05) is 12.3 Å². The predicted molar refractivity (Wildman–Crippen MR) is 96.1 cm³/mol. The van der Waals surface area contributed by atoms with Gasteiger partial charge in [-0.3, -0.25) is 24.5 Å². The number of hydrogen-bond acceptors (Lipinski definition) is 6. The number of anilines is 1. The Morgan fingerprint density at radius 3 is 2.27 bits per heavy atom. The summed E-state index contributed by atoms with van der Waals surface area (Å²) in [5, 5.41) is 10.5. The molecule has 0 radical (unpaired) electrons. The number of rotatable bonds is 6. The summed E-state index contributed by atoms with van der Waals surface area (Å²) in [6, 6.07) is 7.31. The van der Waals surface area contributed by atoms with Crippen LogP contribution in [-0.4, -0.2) is 35.2 Å². The Morgan fingerprint density at radius 1 is 1.19 bits per heavy atom. The van der Waals surface area contributed by atoms with Crippen LogP contribution < -0.4 is 16.8 Å². The molecule has 2 rings (SSSR count). The summed E-state index contributed by atoms with van der Waals surface area (Å²) in [6.07, 6.45) is 1.57. The topological polar surface area (TPSA) is 153 Å². The molecule has 1 aromatic carbocycles. The first-order valence-electron chi connectivity index (χ1n) is 8.39. The van der Waals surface area contributed by atoms with E-state index in [2.05, 4.69) is 5.32 Å². The number of benzene rings is 1. The number of nitrogens with one attached hydrogen (secondary N) is 1. The lowest BCUT2D eigenvalue weighted by molar-refractivity contribution is -0.139. The molecule has 1 saturated heterocycles. The molecule has 0 aromatic heterocycles. The summed E-state index contributed by atoms with van der Waals surface area (Å²) in [7, 11) is 0. The van der Waals surface area contributed by atoms with Crippen molar-refractivity contribution >= 4 is 29.3 Å². The first kappa shape index (κ1) is 21.3. The van der Waals surface area contributed by atoms with Crippen LogP contribution in [0.3, 0.4) is 0 Å². The maximum atomic E-state index is 12.1. The van der Waals surface area contributed by atoms with Gasteiger partial charge in [0.25, 0.3) is 0 Å². The number of aliphatic carboxylic acids is 1. The second-order valence-electron chi connectivity index (χ2n) is 6.07. The van der Waals surface area contributed by atoms with Gasteiger partial charge >= 0.3 is 5.97 Å². The van der Waals surface area contributed by atoms with Gasteiger partial charge in [-0.15, -0.1) is 0 Å². The summed E-state index contributed by atoms with van der Waals surface area (Å²) >= 11 is 0. The average Bonchev–Trinajstić information content (AvgIpc) is 2.61. The van der Waals surface area contributed by atoms with Crippen LogP contribution in [0, 0.1) is 0 Å². The molecule has 0 aliphatic carbocycles. The van der Waals surface area contributed by atoms with E-state index in [4.69, 9.17) is 16.6 Å². The Morgan fingerprint density at radius 2 is 1.81 bits per heavy atom. The van der Waals surface area contributed by atoms with Gasteiger partial charge in [0.2, 0.25) is 11.8 Å². The molecule has 142 valence electrons. The van der Waals surface area contributed by atoms with E-state index >= 15 is 0 Å². The Labute approximate surface area is 151 Å². The lowest BCUT2D eigenvalue weighted by Gasteiger charge is -2.34. The second kappa shape index (κ2) is 9.67. The molecule has 1 atom stereocenters. The molecule has 1 aromatic rings. The minimum atomic E-state index is -0.961. The maximum Gasteiger partial charge on any atom is 0.303 e. The SMILES string of the molecule is CCC1(c2ccc(N)cc2)CCC(=O)NC1=O.NCC(=O)CCC(=O)O. The molecule has 1 heterocycles. The number of nitrogen functional groups attached to an aromatic ring is 1. The van der Waals surface area contributed by atoms with Gasteiger partial charge in [0.1, 0.15) is 5.78 Å². The van der Waals surface area contributed by atoms with E-state index in [9.17, 15) is 19.2 Å². The minimum absolute atomic E-state index is 0.0475. The largest absolute Gasteiger partial charge is 0.481 e. The van der Waals surface area contributed by atoms with Gasteiger partial charge in [-0.2, -0.15) is 0 Å². The third-order valence-corrected chi connectivity index (χ3v) is 4.38. The number of carbonyl (C=O) groups excluding carboxylic acids is 3. The van der Waals surface area contributed by atoms with Crippen LogP contribution in [0.2, 0.25) is 0 Å². The molecule has 0 saturated carbocycles. The van der Waals surface area contributed by atoms with E-state index in [0.29, 0.717) is 24.9 Å². The van der Waals surface area contributed by atoms with Crippen LogP contribution in [0.1, 0.15) is 44.6 Å². The molecule has 8 heteroatoms. The van der Waals surface area contributed by atoms with Crippen molar-refractivity contribution in [2.45, 2.75) is 44.4 Å². The number of carbonyl (C=O) groups is 4. The van der Waals surface area contributed by atoms with E-state index in [-0.39, 0.29) is 37.0 Å². The van der Waals surface area contributed by atoms with Crippen LogP contribution in [0.15, 0.2) is 24.3 Å². The van der Waals surface area contributed by atoms with Crippen LogP contribution >= 0.6 is 0 Å². The molecule has 26 heavy (non-hydrogen) atoms. The second-order valence-corrected chi connectivity index (χ2v) is 6.07. The zero-order chi connectivity index (χ0) is 19.7. The average molecular weight is 363 g/mol. The summed E-state index contributed by atoms with van der Waals surface area (Å²) < 4.78 is 0. The van der Waals surface area contributed by atoms with Gasteiger partial charge in [0.15, 0.2) is 0 Å². The molecule has 1 unspecified atom stereocenters. The van der Waals surface area contributed by atoms with Crippen molar-refractivity contribution < 1.29 is 24.3 Å². The summed E-state index contributed by atoms with van der Waals surface area (Å²) in [6.45, 7) is 1.90. The molecule has 1 aliphatic rings. The smallest absolute Gasteiger partial charge is 0.303 e. The molecule has 0 spiro atoms. The quantitative estimate of drug-likeness (QED) is 0.429. The molecule has 6 N–H and O–H groups in total. The first-order valence-corrected chi connectivity index (χ1v) is 8.39. The number of ketones is 1. The van der Waals surface area contributed by atoms with Crippen molar-refractivity contribution in [2.24, 2.45) is 5.73 Å². The number of hydrogen-bond donors (Lipinski definition) is 4. The lowest BCUT2D eigenvalue weighted by Crippen LogP contribution is -2.51. The zero-order valence-corrected chi connectivity index (χ0v) is 14.8. The monoisotopic (exact) mass is 363 g/mol. The van der Waals surface area contributed by atoms with E-state index in [1.54, 1.807) is 12.1 Å². The number of amides is 2. The van der Waals surface area contributed by atoms with E-state index in [1.807, 2.05) is 19.1 Å². The Bertz CT molecular complexity index is 672. The molecule has 2 amide bonds. The number of carboxylic acid groups (broad SMARTS) is 1. The van der Waals surface area contributed by atoms with E-state index in [0.717, 1.165) is 5.56 Å². The number of imide groups is 1. The fourth-order valence-electron chi connectivity index (χ4n) is 2.72. The van der Waals surface area contributed by atoms with Gasteiger partial charge in [-0.1, -0.05) is 19.1 Å². The molecule has 0 bridgehead atoms. The zero-order valence-electron chi connectivity index (χ0n) is 14.8. The highest BCUT2D eigenvalue weighted by Gasteiger charge is 2.42. The fourth-order valence-corrected chi connectivity index (χ4v) is 2.72. The normalized spacial score (nSPS) is 19.2. The van der Waals surface area contributed by atoms with Gasteiger partial charge in [-0.05, 0) is 30.5 Å². The Balaban J connectivity index is 0.000000321. The van der Waals surface area contributed by atoms with Gasteiger partial charge < -0.3 is 16.6 Å². The maximum absolute atomic E-state index is 12.1. The van der Waals surface area contributed by atoms with E-state index < -0.39 is 11.4 Å². The molecular formula is C18H25N3O5. The molecule has 1 aliphatic heterocycles. The van der Waals surface area contributed by atoms with Crippen molar-refractivity contribution in [1.29, 1.82) is 0 Å². The Hall–Kier alpha value is -2.74. The highest BCUT2D eigenvalue weighted by atomic mass is 16.4. The van der Waals surface area contributed by atoms with Crippen molar-refractivity contribution in [1.82, 2.24) is 5.32 Å². The third-order valence-electron chi connectivity index (χ3n) is 4.38. The summed E-state index contributed by atoms with van der Waals surface area (Å²) in [5.74, 6) is -1.55. The van der Waals surface area contributed by atoms with Crippen molar-refractivity contribution in [3.63, 3.8) is 0 Å². The van der Waals surface area contributed by atoms with E-state index in [1.165, 1.54) is 0 Å². The summed E-state index contributed by atoms with van der Waals surface area (Å²) in [5.41, 5.74) is 11.6. The minimum Gasteiger partial charge on any atom is -0.481 e. The highest BCUT2D eigenvalue weighted by Crippen LogP contribution is 2.35. The molecule has 8 nitrogen and oxygen atoms in total.